The van der Waals surface area contributed by atoms with Gasteiger partial charge in [-0.25, -0.2) is 4.79 Å². The van der Waals surface area contributed by atoms with Crippen LogP contribution in [0.2, 0.25) is 0 Å². The van der Waals surface area contributed by atoms with E-state index in [1.54, 1.807) is 10.8 Å². The van der Waals surface area contributed by atoms with Gasteiger partial charge >= 0.3 is 6.03 Å². The minimum atomic E-state index is 0.0164. The predicted molar refractivity (Wildman–Crippen MR) is 105 cm³/mol. The van der Waals surface area contributed by atoms with Crippen molar-refractivity contribution in [1.29, 1.82) is 0 Å². The van der Waals surface area contributed by atoms with Gasteiger partial charge in [0.25, 0.3) is 0 Å². The zero-order valence-electron chi connectivity index (χ0n) is 16.7. The molecule has 1 aliphatic rings. The standard InChI is InChI=1S/C18H30N8O/c1-5-23(6-2)14(3)11-19-18(27)24-9-10-25(15(4)12-24)17-8-7-16-21-20-13-26(16)22-17/h7-8,13-15H,5-6,9-12H2,1-4H3,(H,19,27)/t14-,15?/m1/s1. The zero-order chi connectivity index (χ0) is 19.4. The van der Waals surface area contributed by atoms with Crippen LogP contribution in [0.15, 0.2) is 18.5 Å². The van der Waals surface area contributed by atoms with E-state index in [-0.39, 0.29) is 12.1 Å². The van der Waals surface area contributed by atoms with E-state index in [9.17, 15) is 4.79 Å². The van der Waals surface area contributed by atoms with Gasteiger partial charge in [0.2, 0.25) is 0 Å². The molecule has 9 nitrogen and oxygen atoms in total. The number of anilines is 1. The second kappa shape index (κ2) is 8.51. The Morgan fingerprint density at radius 1 is 1.33 bits per heavy atom. The summed E-state index contributed by atoms with van der Waals surface area (Å²) in [5.74, 6) is 0.880. The Morgan fingerprint density at radius 2 is 2.11 bits per heavy atom. The Bertz CT molecular complexity index is 759. The van der Waals surface area contributed by atoms with Crippen LogP contribution in [-0.4, -0.2) is 87.0 Å². The molecule has 9 heteroatoms. The Kier molecular flexibility index (Phi) is 6.10. The number of carbonyl (C=O) groups excluding carboxylic acids is 1. The molecule has 1 aliphatic heterocycles. The maximum absolute atomic E-state index is 12.6. The van der Waals surface area contributed by atoms with Crippen LogP contribution in [0.1, 0.15) is 27.7 Å². The number of urea groups is 1. The fourth-order valence-electron chi connectivity index (χ4n) is 3.68. The van der Waals surface area contributed by atoms with Gasteiger partial charge in [-0.1, -0.05) is 13.8 Å². The lowest BCUT2D eigenvalue weighted by Gasteiger charge is -2.40. The minimum Gasteiger partial charge on any atom is -0.349 e. The highest BCUT2D eigenvalue weighted by Crippen LogP contribution is 2.18. The Balaban J connectivity index is 1.55. The van der Waals surface area contributed by atoms with E-state index in [1.165, 1.54) is 0 Å². The number of fused-ring (bicyclic) bond motifs is 1. The van der Waals surface area contributed by atoms with Crippen molar-refractivity contribution in [2.45, 2.75) is 39.8 Å². The van der Waals surface area contributed by atoms with E-state index in [0.717, 1.165) is 31.1 Å². The lowest BCUT2D eigenvalue weighted by molar-refractivity contribution is 0.177. The van der Waals surface area contributed by atoms with Crippen LogP contribution in [0.4, 0.5) is 10.6 Å². The SMILES string of the molecule is CCN(CC)[C@H](C)CNC(=O)N1CCN(c2ccc3nncn3n2)C(C)C1. The molecule has 27 heavy (non-hydrogen) atoms. The number of amides is 2. The third-order valence-corrected chi connectivity index (χ3v) is 5.34. The molecule has 1 N–H and O–H groups in total. The van der Waals surface area contributed by atoms with Crippen LogP contribution in [0, 0.1) is 0 Å². The number of carbonyl (C=O) groups is 1. The largest absolute Gasteiger partial charge is 0.349 e. The third kappa shape index (κ3) is 4.29. The second-order valence-electron chi connectivity index (χ2n) is 7.07. The average Bonchev–Trinajstić information content (AvgIpc) is 3.14. The molecule has 3 heterocycles. The first-order chi connectivity index (χ1) is 13.0. The van der Waals surface area contributed by atoms with Crippen molar-refractivity contribution in [2.24, 2.45) is 0 Å². The summed E-state index contributed by atoms with van der Waals surface area (Å²) in [5.41, 5.74) is 0.728. The molecule has 2 atom stereocenters. The van der Waals surface area contributed by atoms with Crippen LogP contribution >= 0.6 is 0 Å². The lowest BCUT2D eigenvalue weighted by Crippen LogP contribution is -2.57. The van der Waals surface area contributed by atoms with Gasteiger partial charge in [-0.15, -0.1) is 15.3 Å². The first-order valence-electron chi connectivity index (χ1n) is 9.74. The first kappa shape index (κ1) is 19.3. The molecule has 0 spiro atoms. The topological polar surface area (TPSA) is 81.9 Å². The van der Waals surface area contributed by atoms with Crippen molar-refractivity contribution in [1.82, 2.24) is 34.9 Å². The monoisotopic (exact) mass is 374 g/mol. The summed E-state index contributed by atoms with van der Waals surface area (Å²) in [6.45, 7) is 13.3. The molecule has 3 rings (SSSR count). The molecule has 0 radical (unpaired) electrons. The van der Waals surface area contributed by atoms with E-state index in [0.29, 0.717) is 25.7 Å². The molecule has 2 aromatic heterocycles. The maximum atomic E-state index is 12.6. The average molecular weight is 374 g/mol. The quantitative estimate of drug-likeness (QED) is 0.815. The highest BCUT2D eigenvalue weighted by molar-refractivity contribution is 5.74. The molecule has 0 saturated carbocycles. The lowest BCUT2D eigenvalue weighted by atomic mass is 10.2. The number of aromatic nitrogens is 4. The Morgan fingerprint density at radius 3 is 2.81 bits per heavy atom. The van der Waals surface area contributed by atoms with Gasteiger partial charge in [0.1, 0.15) is 12.1 Å². The number of nitrogens with zero attached hydrogens (tertiary/aromatic N) is 7. The summed E-state index contributed by atoms with van der Waals surface area (Å²) >= 11 is 0. The Labute approximate surface area is 160 Å². The third-order valence-electron chi connectivity index (χ3n) is 5.34. The van der Waals surface area contributed by atoms with Crippen molar-refractivity contribution in [3.8, 4) is 0 Å². The van der Waals surface area contributed by atoms with Gasteiger partial charge in [0.05, 0.1) is 0 Å². The fraction of sp³-hybridized carbons (Fsp3) is 0.667. The van der Waals surface area contributed by atoms with Gasteiger partial charge in [-0.2, -0.15) is 4.52 Å². The number of likely N-dealkylation sites (N-methyl/N-ethyl adjacent to an activating group) is 1. The molecule has 1 fully saturated rings. The summed E-state index contributed by atoms with van der Waals surface area (Å²) in [6, 6.07) is 4.41. The van der Waals surface area contributed by atoms with E-state index >= 15 is 0 Å². The van der Waals surface area contributed by atoms with Crippen molar-refractivity contribution < 1.29 is 4.79 Å². The van der Waals surface area contributed by atoms with Gasteiger partial charge in [-0.05, 0) is 39.1 Å². The number of hydrogen-bond acceptors (Lipinski definition) is 6. The highest BCUT2D eigenvalue weighted by Gasteiger charge is 2.28. The summed E-state index contributed by atoms with van der Waals surface area (Å²) in [6.07, 6.45) is 1.60. The van der Waals surface area contributed by atoms with Gasteiger partial charge < -0.3 is 15.1 Å². The van der Waals surface area contributed by atoms with Crippen LogP contribution < -0.4 is 10.2 Å². The number of piperazine rings is 1. The molecule has 1 unspecified atom stereocenters. The van der Waals surface area contributed by atoms with Crippen molar-refractivity contribution in [3.63, 3.8) is 0 Å². The molecular weight excluding hydrogens is 344 g/mol. The number of rotatable bonds is 6. The molecule has 0 bridgehead atoms. The van der Waals surface area contributed by atoms with Gasteiger partial charge in [0, 0.05) is 38.3 Å². The Hall–Kier alpha value is -2.42. The van der Waals surface area contributed by atoms with E-state index < -0.39 is 0 Å². The summed E-state index contributed by atoms with van der Waals surface area (Å²) in [7, 11) is 0. The molecular formula is C18H30N8O. The minimum absolute atomic E-state index is 0.0164. The number of nitrogens with one attached hydrogen (secondary N) is 1. The molecule has 0 aliphatic carbocycles. The summed E-state index contributed by atoms with van der Waals surface area (Å²) in [4.78, 5) is 19.0. The summed E-state index contributed by atoms with van der Waals surface area (Å²) in [5, 5.41) is 15.5. The van der Waals surface area contributed by atoms with Crippen molar-refractivity contribution in [2.75, 3.05) is 44.2 Å². The highest BCUT2D eigenvalue weighted by atomic mass is 16.2. The fourth-order valence-corrected chi connectivity index (χ4v) is 3.68. The predicted octanol–water partition coefficient (Wildman–Crippen LogP) is 1.07. The van der Waals surface area contributed by atoms with E-state index in [2.05, 4.69) is 58.1 Å². The van der Waals surface area contributed by atoms with Crippen LogP contribution in [-0.2, 0) is 0 Å². The molecule has 2 aromatic rings. The van der Waals surface area contributed by atoms with E-state index in [4.69, 9.17) is 0 Å². The normalized spacial score (nSPS) is 18.9. The molecule has 1 saturated heterocycles. The number of hydrogen-bond donors (Lipinski definition) is 1. The smallest absolute Gasteiger partial charge is 0.317 e. The molecule has 0 aromatic carbocycles. The molecule has 2 amide bonds. The van der Waals surface area contributed by atoms with E-state index in [1.807, 2.05) is 17.0 Å². The summed E-state index contributed by atoms with van der Waals surface area (Å²) < 4.78 is 1.68. The van der Waals surface area contributed by atoms with Crippen molar-refractivity contribution in [3.05, 3.63) is 18.5 Å². The first-order valence-corrected chi connectivity index (χ1v) is 9.74. The van der Waals surface area contributed by atoms with Crippen molar-refractivity contribution >= 4 is 17.5 Å². The second-order valence-corrected chi connectivity index (χ2v) is 7.07. The maximum Gasteiger partial charge on any atom is 0.317 e. The zero-order valence-corrected chi connectivity index (χ0v) is 16.7. The van der Waals surface area contributed by atoms with Gasteiger partial charge in [0.15, 0.2) is 5.65 Å². The van der Waals surface area contributed by atoms with Gasteiger partial charge in [-0.3, -0.25) is 4.90 Å². The van der Waals surface area contributed by atoms with Crippen LogP contribution in [0.5, 0.6) is 0 Å². The molecule has 148 valence electrons. The van der Waals surface area contributed by atoms with Crippen LogP contribution in [0.3, 0.4) is 0 Å². The van der Waals surface area contributed by atoms with Crippen LogP contribution in [0.25, 0.3) is 5.65 Å².